The molecule has 120 valence electrons. The van der Waals surface area contributed by atoms with E-state index in [1.54, 1.807) is 19.6 Å². The third kappa shape index (κ3) is 5.39. The van der Waals surface area contributed by atoms with Crippen molar-refractivity contribution in [1.29, 1.82) is 0 Å². The van der Waals surface area contributed by atoms with Crippen LogP contribution in [0, 0.1) is 0 Å². The fourth-order valence-corrected chi connectivity index (χ4v) is 3.13. The maximum Gasteiger partial charge on any atom is 0.417 e. The number of alkyl halides is 6. The summed E-state index contributed by atoms with van der Waals surface area (Å²) < 4.78 is 70.0. The lowest BCUT2D eigenvalue weighted by molar-refractivity contribution is -0.137. The lowest BCUT2D eigenvalue weighted by Gasteiger charge is -2.29. The molecule has 1 rings (SSSR count). The fraction of sp³-hybridized carbons (Fsp3) is 0.500. The lowest BCUT2D eigenvalue weighted by Crippen LogP contribution is -2.34. The van der Waals surface area contributed by atoms with E-state index in [1.165, 1.54) is 0 Å². The highest BCUT2D eigenvalue weighted by Gasteiger charge is 2.43. The van der Waals surface area contributed by atoms with Crippen LogP contribution in [0.5, 0.6) is 0 Å². The molecule has 0 aliphatic carbocycles. The van der Waals surface area contributed by atoms with Gasteiger partial charge in [-0.2, -0.15) is 22.0 Å². The largest absolute Gasteiger partial charge is 0.417 e. The van der Waals surface area contributed by atoms with Gasteiger partial charge in [0.2, 0.25) is 0 Å². The van der Waals surface area contributed by atoms with Crippen molar-refractivity contribution in [3.63, 3.8) is 0 Å². The molecule has 0 fully saturated rings. The summed E-state index contributed by atoms with van der Waals surface area (Å²) in [6, 6.07) is 2.35. The van der Waals surface area contributed by atoms with E-state index in [2.05, 4.69) is 0 Å². The maximum absolute atomic E-state index is 13.5. The van der Waals surface area contributed by atoms with Gasteiger partial charge in [0.15, 0.2) is 8.32 Å². The van der Waals surface area contributed by atoms with Crippen LogP contribution in [0.25, 0.3) is 0 Å². The van der Waals surface area contributed by atoms with E-state index in [0.29, 0.717) is 6.07 Å². The predicted octanol–water partition coefficient (Wildman–Crippen LogP) is 6.08. The summed E-state index contributed by atoms with van der Waals surface area (Å²) in [5.74, 6) is 0. The second-order valence-electron chi connectivity index (χ2n) is 5.39. The lowest BCUT2D eigenvalue weighted by atomic mass is 10.1. The van der Waals surface area contributed by atoms with Crippen molar-refractivity contribution >= 4 is 31.5 Å². The smallest absolute Gasteiger partial charge is 0.404 e. The van der Waals surface area contributed by atoms with E-state index >= 15 is 0 Å². The van der Waals surface area contributed by atoms with Gasteiger partial charge in [-0.15, -0.1) is 0 Å². The van der Waals surface area contributed by atoms with Gasteiger partial charge < -0.3 is 4.43 Å². The standard InChI is InChI=1S/C12H13Cl2F5OSi/c1-21(2,3)20-10(11(14,15)16)7-4-5-8(9(13)6-7)12(17,18)19/h4-6,10H,1-3H3. The van der Waals surface area contributed by atoms with Crippen molar-refractivity contribution in [3.05, 3.63) is 34.3 Å². The summed E-state index contributed by atoms with van der Waals surface area (Å²) in [4.78, 5) is 0. The third-order valence-corrected chi connectivity index (χ3v) is 3.82. The van der Waals surface area contributed by atoms with Crippen LogP contribution >= 0.6 is 23.2 Å². The quantitative estimate of drug-likeness (QED) is 0.356. The molecule has 0 radical (unpaired) electrons. The minimum absolute atomic E-state index is 0.199. The molecule has 1 atom stereocenters. The van der Waals surface area contributed by atoms with Gasteiger partial charge in [0.05, 0.1) is 10.6 Å². The Balaban J connectivity index is 3.25. The molecule has 0 saturated carbocycles. The molecular formula is C12H13Cl2F5OSi. The van der Waals surface area contributed by atoms with Crippen molar-refractivity contribution in [3.8, 4) is 0 Å². The first-order valence-corrected chi connectivity index (χ1v) is 9.99. The van der Waals surface area contributed by atoms with E-state index < -0.39 is 36.6 Å². The van der Waals surface area contributed by atoms with Crippen molar-refractivity contribution in [1.82, 2.24) is 0 Å². The van der Waals surface area contributed by atoms with Crippen LogP contribution in [-0.2, 0) is 10.6 Å². The Bertz CT molecular complexity index is 508. The number of hydrogen-bond acceptors (Lipinski definition) is 1. The Morgan fingerprint density at radius 1 is 1.10 bits per heavy atom. The number of hydrogen-bond donors (Lipinski definition) is 0. The van der Waals surface area contributed by atoms with E-state index in [0.717, 1.165) is 12.1 Å². The van der Waals surface area contributed by atoms with Crippen LogP contribution in [0.15, 0.2) is 18.2 Å². The van der Waals surface area contributed by atoms with Crippen LogP contribution in [0.2, 0.25) is 24.7 Å². The summed E-state index contributed by atoms with van der Waals surface area (Å²) in [6.07, 6.45) is -6.51. The van der Waals surface area contributed by atoms with Crippen LogP contribution in [0.3, 0.4) is 0 Å². The monoisotopic (exact) mass is 366 g/mol. The van der Waals surface area contributed by atoms with Crippen molar-refractivity contribution in [2.24, 2.45) is 0 Å². The molecule has 9 heteroatoms. The Kier molecular flexibility index (Phi) is 5.36. The van der Waals surface area contributed by atoms with Gasteiger partial charge in [-0.3, -0.25) is 0 Å². The zero-order valence-corrected chi connectivity index (χ0v) is 13.9. The zero-order chi connectivity index (χ0) is 16.6. The van der Waals surface area contributed by atoms with E-state index in [9.17, 15) is 22.0 Å². The summed E-state index contributed by atoms with van der Waals surface area (Å²) in [5, 5.41) is -4.44. The Labute approximate surface area is 130 Å². The second-order valence-corrected chi connectivity index (χ2v) is 10.8. The molecule has 0 aliphatic rings. The summed E-state index contributed by atoms with van der Waals surface area (Å²) >= 11 is 10.5. The molecule has 21 heavy (non-hydrogen) atoms. The first-order valence-electron chi connectivity index (χ1n) is 5.83. The van der Waals surface area contributed by atoms with Crippen molar-refractivity contribution in [2.45, 2.75) is 37.3 Å². The highest BCUT2D eigenvalue weighted by atomic mass is 35.5. The van der Waals surface area contributed by atoms with Gasteiger partial charge in [-0.05, 0) is 48.9 Å². The topological polar surface area (TPSA) is 9.23 Å². The second kappa shape index (κ2) is 6.02. The third-order valence-electron chi connectivity index (χ3n) is 2.37. The van der Waals surface area contributed by atoms with Gasteiger partial charge in [0, 0.05) is 0 Å². The number of rotatable bonds is 4. The minimum atomic E-state index is -4.66. The van der Waals surface area contributed by atoms with Gasteiger partial charge in [0.1, 0.15) is 6.10 Å². The molecule has 0 bridgehead atoms. The molecule has 1 aromatic carbocycles. The highest BCUT2D eigenvalue weighted by Crippen LogP contribution is 2.42. The van der Waals surface area contributed by atoms with Crippen LogP contribution in [-0.4, -0.2) is 13.7 Å². The minimum Gasteiger partial charge on any atom is -0.404 e. The highest BCUT2D eigenvalue weighted by molar-refractivity contribution is 6.69. The molecule has 0 heterocycles. The summed E-state index contributed by atoms with van der Waals surface area (Å²) in [7, 11) is -2.41. The molecule has 0 aliphatic heterocycles. The average Bonchev–Trinajstić information content (AvgIpc) is 2.21. The number of halogens is 7. The summed E-state index contributed by atoms with van der Waals surface area (Å²) in [5.41, 5.74) is -1.30. The van der Waals surface area contributed by atoms with E-state index in [4.69, 9.17) is 27.6 Å². The van der Waals surface area contributed by atoms with Crippen molar-refractivity contribution < 1.29 is 26.4 Å². The predicted molar refractivity (Wildman–Crippen MR) is 74.4 cm³/mol. The molecule has 0 aromatic heterocycles. The molecule has 1 unspecified atom stereocenters. The zero-order valence-electron chi connectivity index (χ0n) is 11.4. The average molecular weight is 367 g/mol. The molecule has 0 N–H and O–H groups in total. The van der Waals surface area contributed by atoms with Crippen LogP contribution in [0.4, 0.5) is 22.0 Å². The van der Waals surface area contributed by atoms with E-state index in [1.807, 2.05) is 0 Å². The number of benzene rings is 1. The maximum atomic E-state index is 13.5. The van der Waals surface area contributed by atoms with Gasteiger partial charge in [0.25, 0.3) is 0 Å². The SMILES string of the molecule is C[Si](C)(C)OC(c1ccc(C(F)(F)F)c(Cl)c1)C(F)(F)Cl. The molecular weight excluding hydrogens is 354 g/mol. The fourth-order valence-electron chi connectivity index (χ4n) is 1.60. The van der Waals surface area contributed by atoms with Gasteiger partial charge in [-0.25, -0.2) is 0 Å². The molecule has 1 aromatic rings. The first-order chi connectivity index (χ1) is 9.22. The Morgan fingerprint density at radius 2 is 1.62 bits per heavy atom. The molecule has 0 saturated heterocycles. The van der Waals surface area contributed by atoms with Crippen LogP contribution in [0.1, 0.15) is 17.2 Å². The van der Waals surface area contributed by atoms with E-state index in [-0.39, 0.29) is 5.56 Å². The van der Waals surface area contributed by atoms with Crippen LogP contribution < -0.4 is 0 Å². The first kappa shape index (κ1) is 18.7. The Morgan fingerprint density at radius 3 is 1.95 bits per heavy atom. The molecule has 1 nitrogen and oxygen atoms in total. The van der Waals surface area contributed by atoms with Gasteiger partial charge in [-0.1, -0.05) is 17.7 Å². The van der Waals surface area contributed by atoms with Crippen molar-refractivity contribution in [2.75, 3.05) is 0 Å². The van der Waals surface area contributed by atoms with Gasteiger partial charge >= 0.3 is 11.6 Å². The Hall–Kier alpha value is -0.373. The molecule has 0 amide bonds. The normalized spacial score (nSPS) is 15.1. The molecule has 0 spiro atoms. The summed E-state index contributed by atoms with van der Waals surface area (Å²) in [6.45, 7) is 4.98.